The van der Waals surface area contributed by atoms with E-state index in [1.165, 1.54) is 0 Å². The maximum atomic E-state index is 11.8. The van der Waals surface area contributed by atoms with Gasteiger partial charge in [-0.15, -0.1) is 0 Å². The molecule has 2 amide bonds. The fraction of sp³-hybridized carbons (Fsp3) is 0.222. The minimum absolute atomic E-state index is 0.195. The molecule has 0 spiro atoms. The number of hydrogen-bond donors (Lipinski definition) is 2. The van der Waals surface area contributed by atoms with E-state index in [-0.39, 0.29) is 13.2 Å². The predicted octanol–water partition coefficient (Wildman–Crippen LogP) is 2.67. The maximum absolute atomic E-state index is 11.8. The Morgan fingerprint density at radius 1 is 0.880 bits per heavy atom. The number of nitrogens with one attached hydrogen (secondary N) is 2. The summed E-state index contributed by atoms with van der Waals surface area (Å²) in [6.07, 6.45) is 0. The van der Waals surface area contributed by atoms with Gasteiger partial charge in [-0.25, -0.2) is 0 Å². The van der Waals surface area contributed by atoms with Crippen molar-refractivity contribution in [2.24, 2.45) is 0 Å². The van der Waals surface area contributed by atoms with Gasteiger partial charge in [0.05, 0.1) is 0 Å². The van der Waals surface area contributed by atoms with Crippen LogP contribution in [-0.4, -0.2) is 25.0 Å². The summed E-state index contributed by atoms with van der Waals surface area (Å²) >= 11 is 3.31. The van der Waals surface area contributed by atoms with E-state index in [0.29, 0.717) is 11.5 Å². The Morgan fingerprint density at radius 3 is 1.96 bits per heavy atom. The third-order valence-corrected chi connectivity index (χ3v) is 3.81. The number of halogens is 1. The first kappa shape index (κ1) is 18.8. The van der Waals surface area contributed by atoms with Crippen LogP contribution in [0.4, 0.5) is 0 Å². The van der Waals surface area contributed by atoms with Gasteiger partial charge in [0.15, 0.2) is 13.2 Å². The largest absolute Gasteiger partial charge is 0.484 e. The molecule has 0 aliphatic rings. The molecular weight excluding hydrogens is 388 g/mol. The molecule has 2 aromatic carbocycles. The smallest absolute Gasteiger partial charge is 0.276 e. The summed E-state index contributed by atoms with van der Waals surface area (Å²) in [5, 5.41) is 0. The van der Waals surface area contributed by atoms with Crippen LogP contribution in [0.5, 0.6) is 11.5 Å². The zero-order chi connectivity index (χ0) is 18.2. The Morgan fingerprint density at radius 2 is 1.40 bits per heavy atom. The van der Waals surface area contributed by atoms with Gasteiger partial charge in [0, 0.05) is 4.47 Å². The van der Waals surface area contributed by atoms with Gasteiger partial charge in [-0.05, 0) is 49.2 Å². The predicted molar refractivity (Wildman–Crippen MR) is 97.3 cm³/mol. The molecule has 0 saturated heterocycles. The molecule has 0 atom stereocenters. The van der Waals surface area contributed by atoms with Gasteiger partial charge < -0.3 is 9.47 Å². The van der Waals surface area contributed by atoms with Crippen molar-refractivity contribution < 1.29 is 19.1 Å². The fourth-order valence-electron chi connectivity index (χ4n) is 2.06. The second kappa shape index (κ2) is 9.08. The number of ether oxygens (including phenoxy) is 2. The molecule has 0 bridgehead atoms. The second-order valence-electron chi connectivity index (χ2n) is 5.35. The molecule has 0 fully saturated rings. The highest BCUT2D eigenvalue weighted by molar-refractivity contribution is 9.10. The van der Waals surface area contributed by atoms with Crippen LogP contribution in [0.25, 0.3) is 0 Å². The third-order valence-electron chi connectivity index (χ3n) is 3.28. The number of hydrogen-bond acceptors (Lipinski definition) is 4. The molecule has 2 N–H and O–H groups in total. The summed E-state index contributed by atoms with van der Waals surface area (Å²) < 4.78 is 11.7. The molecule has 0 aliphatic carbocycles. The van der Waals surface area contributed by atoms with Crippen molar-refractivity contribution in [1.82, 2.24) is 10.9 Å². The first-order valence-corrected chi connectivity index (χ1v) is 8.40. The number of aryl methyl sites for hydroxylation is 2. The van der Waals surface area contributed by atoms with Crippen LogP contribution < -0.4 is 20.3 Å². The van der Waals surface area contributed by atoms with Crippen LogP contribution in [-0.2, 0) is 9.59 Å². The topological polar surface area (TPSA) is 76.7 Å². The van der Waals surface area contributed by atoms with Gasteiger partial charge in [-0.1, -0.05) is 34.1 Å². The number of carbonyl (C=O) groups excluding carboxylic acids is 2. The first-order chi connectivity index (χ1) is 12.0. The van der Waals surface area contributed by atoms with Crippen LogP contribution in [0.3, 0.4) is 0 Å². The maximum Gasteiger partial charge on any atom is 0.276 e. The number of benzene rings is 2. The molecule has 132 valence electrons. The number of amides is 2. The van der Waals surface area contributed by atoms with Crippen LogP contribution in [0.15, 0.2) is 46.9 Å². The average molecular weight is 407 g/mol. The van der Waals surface area contributed by atoms with Gasteiger partial charge in [0.1, 0.15) is 11.5 Å². The Bertz CT molecular complexity index is 727. The molecule has 2 aromatic rings. The molecule has 0 heterocycles. The summed E-state index contributed by atoms with van der Waals surface area (Å²) in [6.45, 7) is 3.40. The molecule has 7 heteroatoms. The van der Waals surface area contributed by atoms with Gasteiger partial charge >= 0.3 is 0 Å². The van der Waals surface area contributed by atoms with Gasteiger partial charge in [0.25, 0.3) is 11.8 Å². The summed E-state index contributed by atoms with van der Waals surface area (Å²) in [4.78, 5) is 23.4. The van der Waals surface area contributed by atoms with E-state index in [2.05, 4.69) is 26.8 Å². The Hall–Kier alpha value is -2.54. The molecule has 25 heavy (non-hydrogen) atoms. The summed E-state index contributed by atoms with van der Waals surface area (Å²) in [5.41, 5.74) is 6.45. The normalized spacial score (nSPS) is 10.0. The van der Waals surface area contributed by atoms with Crippen LogP contribution in [0.2, 0.25) is 0 Å². The quantitative estimate of drug-likeness (QED) is 0.722. The zero-order valence-electron chi connectivity index (χ0n) is 14.0. The van der Waals surface area contributed by atoms with Crippen LogP contribution in [0.1, 0.15) is 11.1 Å². The van der Waals surface area contributed by atoms with Crippen molar-refractivity contribution in [3.05, 3.63) is 58.1 Å². The Balaban J connectivity index is 1.70. The molecule has 2 rings (SSSR count). The van der Waals surface area contributed by atoms with E-state index < -0.39 is 11.8 Å². The molecule has 6 nitrogen and oxygen atoms in total. The number of para-hydroxylation sites is 1. The summed E-state index contributed by atoms with van der Waals surface area (Å²) in [5.74, 6) is 0.300. The lowest BCUT2D eigenvalue weighted by Gasteiger charge is -2.12. The molecule has 0 unspecified atom stereocenters. The second-order valence-corrected chi connectivity index (χ2v) is 6.26. The first-order valence-electron chi connectivity index (χ1n) is 7.61. The van der Waals surface area contributed by atoms with Gasteiger partial charge in [-0.3, -0.25) is 20.4 Å². The Kier molecular flexibility index (Phi) is 6.82. The van der Waals surface area contributed by atoms with E-state index in [9.17, 15) is 9.59 Å². The molecular formula is C18H19BrN2O4. The lowest BCUT2D eigenvalue weighted by atomic mass is 10.1. The van der Waals surface area contributed by atoms with Crippen molar-refractivity contribution in [2.75, 3.05) is 13.2 Å². The summed E-state index contributed by atoms with van der Waals surface area (Å²) in [7, 11) is 0. The number of hydrazine groups is 1. The van der Waals surface area contributed by atoms with Gasteiger partial charge in [-0.2, -0.15) is 0 Å². The molecule has 0 aliphatic heterocycles. The molecule has 0 radical (unpaired) electrons. The Labute approximate surface area is 154 Å². The van der Waals surface area contributed by atoms with Gasteiger partial charge in [0.2, 0.25) is 0 Å². The van der Waals surface area contributed by atoms with E-state index >= 15 is 0 Å². The fourth-order valence-corrected chi connectivity index (χ4v) is 2.32. The highest BCUT2D eigenvalue weighted by Gasteiger charge is 2.09. The van der Waals surface area contributed by atoms with Crippen molar-refractivity contribution in [2.45, 2.75) is 13.8 Å². The van der Waals surface area contributed by atoms with Crippen molar-refractivity contribution >= 4 is 27.7 Å². The minimum Gasteiger partial charge on any atom is -0.484 e. The lowest BCUT2D eigenvalue weighted by Crippen LogP contribution is -2.45. The monoisotopic (exact) mass is 406 g/mol. The number of rotatable bonds is 6. The van der Waals surface area contributed by atoms with E-state index in [1.54, 1.807) is 24.3 Å². The average Bonchev–Trinajstić information content (AvgIpc) is 2.59. The van der Waals surface area contributed by atoms with E-state index in [1.807, 2.05) is 32.0 Å². The molecule has 0 aromatic heterocycles. The van der Waals surface area contributed by atoms with Crippen LogP contribution >= 0.6 is 15.9 Å². The number of carbonyl (C=O) groups is 2. The highest BCUT2D eigenvalue weighted by Crippen LogP contribution is 2.22. The van der Waals surface area contributed by atoms with E-state index in [0.717, 1.165) is 15.6 Å². The van der Waals surface area contributed by atoms with Crippen molar-refractivity contribution in [3.8, 4) is 11.5 Å². The SMILES string of the molecule is Cc1cccc(C)c1OCC(=O)NNC(=O)COc1ccc(Br)cc1. The standard InChI is InChI=1S/C18H19BrN2O4/c1-12-4-3-5-13(2)18(12)25-11-17(23)21-20-16(22)10-24-15-8-6-14(19)7-9-15/h3-9H,10-11H2,1-2H3,(H,20,22)(H,21,23). The third kappa shape index (κ3) is 6.11. The molecule has 0 saturated carbocycles. The van der Waals surface area contributed by atoms with E-state index in [4.69, 9.17) is 9.47 Å². The lowest BCUT2D eigenvalue weighted by molar-refractivity contribution is -0.131. The van der Waals surface area contributed by atoms with Crippen molar-refractivity contribution in [3.63, 3.8) is 0 Å². The van der Waals surface area contributed by atoms with Crippen molar-refractivity contribution in [1.29, 1.82) is 0 Å². The highest BCUT2D eigenvalue weighted by atomic mass is 79.9. The summed E-state index contributed by atoms with van der Waals surface area (Å²) in [6, 6.07) is 12.8. The van der Waals surface area contributed by atoms with Crippen LogP contribution in [0, 0.1) is 13.8 Å². The minimum atomic E-state index is -0.469. The zero-order valence-corrected chi connectivity index (χ0v) is 15.6.